The molecule has 206 valence electrons. The van der Waals surface area contributed by atoms with Crippen LogP contribution in [-0.2, 0) is 35.3 Å². The second-order valence-electron chi connectivity index (χ2n) is 10.9. The Hall–Kier alpha value is -2.88. The molecule has 3 aliphatic rings. The van der Waals surface area contributed by atoms with E-state index < -0.39 is 12.6 Å². The molecule has 2 aliphatic heterocycles. The summed E-state index contributed by atoms with van der Waals surface area (Å²) in [6, 6.07) is 6.72. The van der Waals surface area contributed by atoms with Gasteiger partial charge in [-0.25, -0.2) is 0 Å². The molecule has 10 heteroatoms. The molecule has 2 atom stereocenters. The lowest BCUT2D eigenvalue weighted by atomic mass is 9.88. The molecule has 0 saturated carbocycles. The number of halogens is 3. The van der Waals surface area contributed by atoms with Crippen molar-refractivity contribution in [3.05, 3.63) is 52.3 Å². The molecule has 1 aromatic heterocycles. The Morgan fingerprint density at radius 3 is 2.45 bits per heavy atom. The van der Waals surface area contributed by atoms with Crippen LogP contribution in [0, 0.1) is 0 Å². The average molecular weight is 533 g/mol. The molecule has 2 amide bonds. The van der Waals surface area contributed by atoms with E-state index in [9.17, 15) is 22.8 Å². The maximum absolute atomic E-state index is 13.4. The van der Waals surface area contributed by atoms with Gasteiger partial charge in [-0.2, -0.15) is 18.3 Å². The first-order valence-corrected chi connectivity index (χ1v) is 13.5. The SMILES string of the molecule is C[C@@H]1CN(C(=O)c2nn(CC(=O)N3CCC(c4cccc(CC(F)(F)F)c4)CC3)c3c2CCC3)C[C@H](C)O1. The van der Waals surface area contributed by atoms with E-state index in [1.54, 1.807) is 21.7 Å². The minimum absolute atomic E-state index is 0.0329. The van der Waals surface area contributed by atoms with Crippen LogP contribution >= 0.6 is 0 Å². The Balaban J connectivity index is 1.22. The van der Waals surface area contributed by atoms with Crippen molar-refractivity contribution in [3.8, 4) is 0 Å². The van der Waals surface area contributed by atoms with Gasteiger partial charge in [-0.05, 0) is 63.0 Å². The fourth-order valence-electron chi connectivity index (χ4n) is 6.18. The Bertz CT molecular complexity index is 1180. The molecule has 1 aliphatic carbocycles. The van der Waals surface area contributed by atoms with Gasteiger partial charge in [0.25, 0.3) is 5.91 Å². The summed E-state index contributed by atoms with van der Waals surface area (Å²) in [4.78, 5) is 30.2. The molecule has 2 saturated heterocycles. The van der Waals surface area contributed by atoms with Crippen molar-refractivity contribution in [1.82, 2.24) is 19.6 Å². The number of carbonyl (C=O) groups is 2. The summed E-state index contributed by atoms with van der Waals surface area (Å²) >= 11 is 0. The number of fused-ring (bicyclic) bond motifs is 1. The number of morpholine rings is 1. The van der Waals surface area contributed by atoms with E-state index in [2.05, 4.69) is 5.10 Å². The molecule has 5 rings (SSSR count). The van der Waals surface area contributed by atoms with Crippen molar-refractivity contribution in [3.63, 3.8) is 0 Å². The molecular weight excluding hydrogens is 497 g/mol. The van der Waals surface area contributed by atoms with Gasteiger partial charge in [0.2, 0.25) is 5.91 Å². The summed E-state index contributed by atoms with van der Waals surface area (Å²) in [5.41, 5.74) is 3.58. The van der Waals surface area contributed by atoms with E-state index in [0.717, 1.165) is 36.1 Å². The number of hydrogen-bond acceptors (Lipinski definition) is 4. The largest absolute Gasteiger partial charge is 0.393 e. The lowest BCUT2D eigenvalue weighted by Gasteiger charge is -2.35. The monoisotopic (exact) mass is 532 g/mol. The quantitative estimate of drug-likeness (QED) is 0.581. The van der Waals surface area contributed by atoms with Gasteiger partial charge in [-0.15, -0.1) is 0 Å². The Morgan fingerprint density at radius 1 is 1.05 bits per heavy atom. The summed E-state index contributed by atoms with van der Waals surface area (Å²) in [7, 11) is 0. The number of nitrogens with zero attached hydrogens (tertiary/aromatic N) is 4. The van der Waals surface area contributed by atoms with Crippen LogP contribution in [-0.4, -0.2) is 76.0 Å². The molecule has 0 unspecified atom stereocenters. The van der Waals surface area contributed by atoms with E-state index in [1.807, 2.05) is 24.8 Å². The molecule has 0 N–H and O–H groups in total. The number of hydrogen-bond donors (Lipinski definition) is 0. The van der Waals surface area contributed by atoms with E-state index >= 15 is 0 Å². The first-order valence-electron chi connectivity index (χ1n) is 13.5. The number of alkyl halides is 3. The minimum atomic E-state index is -4.23. The van der Waals surface area contributed by atoms with Gasteiger partial charge in [0.15, 0.2) is 5.69 Å². The lowest BCUT2D eigenvalue weighted by molar-refractivity contribution is -0.133. The third-order valence-corrected chi connectivity index (χ3v) is 7.88. The molecule has 2 fully saturated rings. The third-order valence-electron chi connectivity index (χ3n) is 7.88. The van der Waals surface area contributed by atoms with Gasteiger partial charge in [0.05, 0.1) is 18.6 Å². The second-order valence-corrected chi connectivity index (χ2v) is 10.9. The van der Waals surface area contributed by atoms with Crippen LogP contribution in [0.3, 0.4) is 0 Å². The van der Waals surface area contributed by atoms with Crippen LogP contribution in [0.4, 0.5) is 13.2 Å². The zero-order valence-corrected chi connectivity index (χ0v) is 22.0. The van der Waals surface area contributed by atoms with E-state index in [-0.39, 0.29) is 42.0 Å². The molecule has 2 aromatic rings. The van der Waals surface area contributed by atoms with Crippen molar-refractivity contribution in [2.24, 2.45) is 0 Å². The number of benzene rings is 1. The zero-order chi connectivity index (χ0) is 27.0. The number of piperidine rings is 1. The molecule has 1 aromatic carbocycles. The van der Waals surface area contributed by atoms with Crippen molar-refractivity contribution >= 4 is 11.8 Å². The highest BCUT2D eigenvalue weighted by atomic mass is 19.4. The standard InChI is InChI=1S/C28H35F3N4O3/c1-18-15-34(16-19(2)38-18)27(37)26-23-7-4-8-24(23)35(32-26)17-25(36)33-11-9-21(10-12-33)22-6-3-5-20(13-22)14-28(29,30)31/h3,5-6,13,18-19,21H,4,7-12,14-17H2,1-2H3/t18-,19+. The highest BCUT2D eigenvalue weighted by Crippen LogP contribution is 2.31. The van der Waals surface area contributed by atoms with Gasteiger partial charge in [0, 0.05) is 37.4 Å². The van der Waals surface area contributed by atoms with Gasteiger partial charge in [-0.3, -0.25) is 14.3 Å². The molecule has 7 nitrogen and oxygen atoms in total. The van der Waals surface area contributed by atoms with Crippen molar-refractivity contribution in [2.75, 3.05) is 26.2 Å². The van der Waals surface area contributed by atoms with Crippen LogP contribution in [0.15, 0.2) is 24.3 Å². The van der Waals surface area contributed by atoms with Crippen LogP contribution in [0.2, 0.25) is 0 Å². The van der Waals surface area contributed by atoms with Crippen molar-refractivity contribution in [2.45, 2.75) is 83.2 Å². The number of likely N-dealkylation sites (tertiary alicyclic amines) is 1. The Kier molecular flexibility index (Phi) is 7.53. The fraction of sp³-hybridized carbons (Fsp3) is 0.607. The van der Waals surface area contributed by atoms with Crippen LogP contribution in [0.25, 0.3) is 0 Å². The molecule has 0 spiro atoms. The highest BCUT2D eigenvalue weighted by Gasteiger charge is 2.34. The van der Waals surface area contributed by atoms with Crippen LogP contribution < -0.4 is 0 Å². The predicted octanol–water partition coefficient (Wildman–Crippen LogP) is 4.13. The Labute approximate surface area is 220 Å². The summed E-state index contributed by atoms with van der Waals surface area (Å²) in [5.74, 6) is -0.00674. The first-order chi connectivity index (χ1) is 18.1. The summed E-state index contributed by atoms with van der Waals surface area (Å²) in [6.45, 7) is 6.16. The maximum Gasteiger partial charge on any atom is 0.393 e. The summed E-state index contributed by atoms with van der Waals surface area (Å²) < 4.78 is 45.9. The molecule has 38 heavy (non-hydrogen) atoms. The van der Waals surface area contributed by atoms with Gasteiger partial charge >= 0.3 is 6.18 Å². The predicted molar refractivity (Wildman–Crippen MR) is 135 cm³/mol. The number of ether oxygens (including phenoxy) is 1. The number of aromatic nitrogens is 2. The smallest absolute Gasteiger partial charge is 0.372 e. The van der Waals surface area contributed by atoms with Gasteiger partial charge in [0.1, 0.15) is 6.54 Å². The maximum atomic E-state index is 13.4. The minimum Gasteiger partial charge on any atom is -0.372 e. The summed E-state index contributed by atoms with van der Waals surface area (Å²) in [6.07, 6.45) is -1.29. The zero-order valence-electron chi connectivity index (χ0n) is 22.0. The molecule has 0 bridgehead atoms. The first kappa shape index (κ1) is 26.7. The Morgan fingerprint density at radius 2 is 1.76 bits per heavy atom. The normalized spacial score (nSPS) is 22.6. The van der Waals surface area contributed by atoms with Gasteiger partial charge in [-0.1, -0.05) is 24.3 Å². The van der Waals surface area contributed by atoms with E-state index in [1.165, 1.54) is 6.07 Å². The van der Waals surface area contributed by atoms with Crippen molar-refractivity contribution in [1.29, 1.82) is 0 Å². The number of rotatable bonds is 5. The number of amides is 2. The topological polar surface area (TPSA) is 67.7 Å². The third kappa shape index (κ3) is 5.90. The lowest BCUT2D eigenvalue weighted by Crippen LogP contribution is -2.48. The van der Waals surface area contributed by atoms with Crippen LogP contribution in [0.5, 0.6) is 0 Å². The molecular formula is C28H35F3N4O3. The average Bonchev–Trinajstić information content (AvgIpc) is 3.46. The van der Waals surface area contributed by atoms with Crippen molar-refractivity contribution < 1.29 is 27.5 Å². The van der Waals surface area contributed by atoms with E-state index in [0.29, 0.717) is 44.7 Å². The van der Waals surface area contributed by atoms with E-state index in [4.69, 9.17) is 4.74 Å². The van der Waals surface area contributed by atoms with Gasteiger partial charge < -0.3 is 14.5 Å². The number of carbonyl (C=O) groups excluding carboxylic acids is 2. The molecule has 0 radical (unpaired) electrons. The molecule has 3 heterocycles. The summed E-state index contributed by atoms with van der Waals surface area (Å²) in [5, 5.41) is 4.64. The second kappa shape index (κ2) is 10.7. The highest BCUT2D eigenvalue weighted by molar-refractivity contribution is 5.94. The fourth-order valence-corrected chi connectivity index (χ4v) is 6.18. The van der Waals surface area contributed by atoms with Crippen LogP contribution in [0.1, 0.15) is 71.9 Å².